The van der Waals surface area contributed by atoms with Crippen LogP contribution in [0.25, 0.3) is 0 Å². The number of urea groups is 1. The molecule has 6 nitrogen and oxygen atoms in total. The Morgan fingerprint density at radius 2 is 1.86 bits per heavy atom. The lowest BCUT2D eigenvalue weighted by atomic mass is 10.1. The monoisotopic (exact) mass is 301 g/mol. The molecule has 0 aliphatic heterocycles. The third-order valence-electron chi connectivity index (χ3n) is 3.21. The Hall–Kier alpha value is -2.76. The van der Waals surface area contributed by atoms with Gasteiger partial charge in [-0.2, -0.15) is 0 Å². The van der Waals surface area contributed by atoms with Crippen molar-refractivity contribution >= 4 is 11.7 Å². The Bertz CT molecular complexity index is 632. The first-order valence-electron chi connectivity index (χ1n) is 6.83. The molecular formula is C16H19N3O3. The highest BCUT2D eigenvalue weighted by Gasteiger charge is 2.12. The maximum absolute atomic E-state index is 12.1. The topological polar surface area (TPSA) is 72.5 Å². The fraction of sp³-hybridized carbons (Fsp3) is 0.250. The van der Waals surface area contributed by atoms with Crippen molar-refractivity contribution < 1.29 is 14.3 Å². The summed E-state index contributed by atoms with van der Waals surface area (Å²) in [7, 11) is 3.11. The standard InChI is InChI=1S/C16H19N3O3/c1-11(12-6-8-17-9-7-12)18-16(20)19-14-5-4-13(21-2)10-15(14)22-3/h4-11H,1-3H3,(H2,18,19,20)/t11-/m0/s1. The van der Waals surface area contributed by atoms with Crippen LogP contribution in [0, 0.1) is 0 Å². The third-order valence-corrected chi connectivity index (χ3v) is 3.21. The molecule has 116 valence electrons. The summed E-state index contributed by atoms with van der Waals surface area (Å²) >= 11 is 0. The van der Waals surface area contributed by atoms with Crippen LogP contribution in [-0.2, 0) is 0 Å². The fourth-order valence-electron chi connectivity index (χ4n) is 1.99. The van der Waals surface area contributed by atoms with E-state index >= 15 is 0 Å². The first kappa shape index (κ1) is 15.6. The van der Waals surface area contributed by atoms with Crippen LogP contribution >= 0.6 is 0 Å². The van der Waals surface area contributed by atoms with E-state index in [0.29, 0.717) is 17.2 Å². The molecule has 0 fully saturated rings. The molecule has 0 aliphatic carbocycles. The summed E-state index contributed by atoms with van der Waals surface area (Å²) in [6.07, 6.45) is 3.38. The van der Waals surface area contributed by atoms with Crippen LogP contribution in [-0.4, -0.2) is 25.2 Å². The van der Waals surface area contributed by atoms with Gasteiger partial charge in [-0.3, -0.25) is 4.98 Å². The van der Waals surface area contributed by atoms with Gasteiger partial charge in [0.1, 0.15) is 11.5 Å². The van der Waals surface area contributed by atoms with Gasteiger partial charge in [0.2, 0.25) is 0 Å². The van der Waals surface area contributed by atoms with Crippen LogP contribution in [0.3, 0.4) is 0 Å². The second-order valence-corrected chi connectivity index (χ2v) is 4.67. The molecule has 0 spiro atoms. The average Bonchev–Trinajstić information content (AvgIpc) is 2.55. The Morgan fingerprint density at radius 1 is 1.14 bits per heavy atom. The van der Waals surface area contributed by atoms with Gasteiger partial charge in [-0.15, -0.1) is 0 Å². The van der Waals surface area contributed by atoms with E-state index in [2.05, 4.69) is 15.6 Å². The highest BCUT2D eigenvalue weighted by molar-refractivity contribution is 5.91. The van der Waals surface area contributed by atoms with Crippen molar-refractivity contribution in [3.8, 4) is 11.5 Å². The van der Waals surface area contributed by atoms with Gasteiger partial charge in [-0.25, -0.2) is 4.79 Å². The van der Waals surface area contributed by atoms with Crippen molar-refractivity contribution in [3.63, 3.8) is 0 Å². The molecule has 1 heterocycles. The third kappa shape index (κ3) is 3.88. The van der Waals surface area contributed by atoms with E-state index in [0.717, 1.165) is 5.56 Å². The molecule has 0 aliphatic rings. The number of nitrogens with zero attached hydrogens (tertiary/aromatic N) is 1. The first-order chi connectivity index (χ1) is 10.6. The molecule has 0 saturated heterocycles. The van der Waals surface area contributed by atoms with Gasteiger partial charge >= 0.3 is 6.03 Å². The summed E-state index contributed by atoms with van der Waals surface area (Å²) in [4.78, 5) is 16.1. The number of anilines is 1. The number of aromatic nitrogens is 1. The number of benzene rings is 1. The molecule has 1 atom stereocenters. The number of hydrogen-bond acceptors (Lipinski definition) is 4. The van der Waals surface area contributed by atoms with Crippen LogP contribution < -0.4 is 20.1 Å². The minimum absolute atomic E-state index is 0.132. The summed E-state index contributed by atoms with van der Waals surface area (Å²) in [6, 6.07) is 8.47. The van der Waals surface area contributed by atoms with Crippen LogP contribution in [0.15, 0.2) is 42.7 Å². The predicted molar refractivity (Wildman–Crippen MR) is 84.4 cm³/mol. The summed E-state index contributed by atoms with van der Waals surface area (Å²) < 4.78 is 10.4. The lowest BCUT2D eigenvalue weighted by Crippen LogP contribution is -2.31. The smallest absolute Gasteiger partial charge is 0.319 e. The molecule has 1 aromatic heterocycles. The van der Waals surface area contributed by atoms with E-state index in [1.165, 1.54) is 7.11 Å². The summed E-state index contributed by atoms with van der Waals surface area (Å²) in [5, 5.41) is 5.63. The quantitative estimate of drug-likeness (QED) is 0.890. The number of pyridine rings is 1. The number of amides is 2. The lowest BCUT2D eigenvalue weighted by Gasteiger charge is -2.16. The molecule has 2 amide bonds. The fourth-order valence-corrected chi connectivity index (χ4v) is 1.99. The predicted octanol–water partition coefficient (Wildman–Crippen LogP) is 2.98. The first-order valence-corrected chi connectivity index (χ1v) is 6.83. The van der Waals surface area contributed by atoms with Crippen LogP contribution in [0.4, 0.5) is 10.5 Å². The number of ether oxygens (including phenoxy) is 2. The summed E-state index contributed by atoms with van der Waals surface area (Å²) in [5.41, 5.74) is 1.55. The van der Waals surface area contributed by atoms with Crippen LogP contribution in [0.2, 0.25) is 0 Å². The highest BCUT2D eigenvalue weighted by Crippen LogP contribution is 2.29. The number of rotatable bonds is 5. The van der Waals surface area contributed by atoms with E-state index in [4.69, 9.17) is 9.47 Å². The molecule has 6 heteroatoms. The number of nitrogens with one attached hydrogen (secondary N) is 2. The van der Waals surface area contributed by atoms with E-state index < -0.39 is 0 Å². The van der Waals surface area contributed by atoms with E-state index in [1.807, 2.05) is 19.1 Å². The van der Waals surface area contributed by atoms with Crippen molar-refractivity contribution in [1.82, 2.24) is 10.3 Å². The zero-order valence-electron chi connectivity index (χ0n) is 12.8. The molecule has 1 aromatic carbocycles. The van der Waals surface area contributed by atoms with Crippen molar-refractivity contribution in [1.29, 1.82) is 0 Å². The van der Waals surface area contributed by atoms with Crippen molar-refractivity contribution in [3.05, 3.63) is 48.3 Å². The van der Waals surface area contributed by atoms with E-state index in [1.54, 1.807) is 37.7 Å². The Balaban J connectivity index is 2.03. The van der Waals surface area contributed by atoms with Crippen molar-refractivity contribution in [2.75, 3.05) is 19.5 Å². The molecule has 2 N–H and O–H groups in total. The molecule has 0 radical (unpaired) electrons. The number of carbonyl (C=O) groups is 1. The molecule has 22 heavy (non-hydrogen) atoms. The number of carbonyl (C=O) groups excluding carboxylic acids is 1. The van der Waals surface area contributed by atoms with Crippen LogP contribution in [0.5, 0.6) is 11.5 Å². The largest absolute Gasteiger partial charge is 0.497 e. The summed E-state index contributed by atoms with van der Waals surface area (Å²) in [5.74, 6) is 1.19. The van der Waals surface area contributed by atoms with E-state index in [9.17, 15) is 4.79 Å². The van der Waals surface area contributed by atoms with Gasteiger partial charge < -0.3 is 20.1 Å². The van der Waals surface area contributed by atoms with E-state index in [-0.39, 0.29) is 12.1 Å². The molecule has 2 rings (SSSR count). The molecule has 2 aromatic rings. The SMILES string of the molecule is COc1ccc(NC(=O)N[C@@H](C)c2ccncc2)c(OC)c1. The minimum Gasteiger partial charge on any atom is -0.497 e. The Morgan fingerprint density at radius 3 is 2.50 bits per heavy atom. The van der Waals surface area contributed by atoms with Gasteiger partial charge in [0.15, 0.2) is 0 Å². The highest BCUT2D eigenvalue weighted by atomic mass is 16.5. The summed E-state index contributed by atoms with van der Waals surface area (Å²) in [6.45, 7) is 1.90. The molecular weight excluding hydrogens is 282 g/mol. The van der Waals surface area contributed by atoms with Gasteiger partial charge in [0, 0.05) is 18.5 Å². The normalized spacial score (nSPS) is 11.4. The molecule has 0 unspecified atom stereocenters. The van der Waals surface area contributed by atoms with Crippen molar-refractivity contribution in [2.24, 2.45) is 0 Å². The zero-order valence-corrected chi connectivity index (χ0v) is 12.8. The second-order valence-electron chi connectivity index (χ2n) is 4.67. The van der Waals surface area contributed by atoms with Gasteiger partial charge in [-0.05, 0) is 36.8 Å². The Kier molecular flexibility index (Phi) is 5.19. The van der Waals surface area contributed by atoms with Crippen LogP contribution in [0.1, 0.15) is 18.5 Å². The Labute approximate surface area is 129 Å². The van der Waals surface area contributed by atoms with Gasteiger partial charge in [0.25, 0.3) is 0 Å². The molecule has 0 saturated carbocycles. The maximum atomic E-state index is 12.1. The number of methoxy groups -OCH3 is 2. The average molecular weight is 301 g/mol. The van der Waals surface area contributed by atoms with Crippen molar-refractivity contribution in [2.45, 2.75) is 13.0 Å². The van der Waals surface area contributed by atoms with Gasteiger partial charge in [0.05, 0.1) is 25.9 Å². The second kappa shape index (κ2) is 7.31. The number of hydrogen-bond donors (Lipinski definition) is 2. The minimum atomic E-state index is -0.312. The maximum Gasteiger partial charge on any atom is 0.319 e. The van der Waals surface area contributed by atoms with Gasteiger partial charge in [-0.1, -0.05) is 0 Å². The zero-order chi connectivity index (χ0) is 15.9. The lowest BCUT2D eigenvalue weighted by molar-refractivity contribution is 0.249. The molecule has 0 bridgehead atoms.